The summed E-state index contributed by atoms with van der Waals surface area (Å²) in [6.45, 7) is 5.95. The lowest BCUT2D eigenvalue weighted by Crippen LogP contribution is -2.45. The van der Waals surface area contributed by atoms with Gasteiger partial charge in [0.2, 0.25) is 0 Å². The van der Waals surface area contributed by atoms with Gasteiger partial charge in [0.1, 0.15) is 12.7 Å². The summed E-state index contributed by atoms with van der Waals surface area (Å²) in [6, 6.07) is 7.79. The Labute approximate surface area is 150 Å². The van der Waals surface area contributed by atoms with Crippen LogP contribution < -0.4 is 20.1 Å². The second-order valence-electron chi connectivity index (χ2n) is 6.63. The number of likely N-dealkylation sites (tertiary alicyclic amines) is 1. The maximum absolute atomic E-state index is 5.95. The number of aliphatic imine (C=N–C) groups is 1. The number of nitrogens with zero attached hydrogens (tertiary/aromatic N) is 2. The largest absolute Gasteiger partial charge is 0.486 e. The Kier molecular flexibility index (Phi) is 6.79. The lowest BCUT2D eigenvalue weighted by Gasteiger charge is -2.27. The van der Waals surface area contributed by atoms with E-state index in [1.807, 2.05) is 24.3 Å². The average Bonchev–Trinajstić information content (AvgIpc) is 3.17. The molecule has 2 aliphatic rings. The van der Waals surface area contributed by atoms with Gasteiger partial charge in [-0.1, -0.05) is 12.1 Å². The van der Waals surface area contributed by atoms with Crippen LogP contribution in [0.1, 0.15) is 25.7 Å². The zero-order chi connectivity index (χ0) is 17.3. The number of nitrogens with one attached hydrogen (secondary N) is 2. The van der Waals surface area contributed by atoms with Gasteiger partial charge in [-0.25, -0.2) is 0 Å². The van der Waals surface area contributed by atoms with E-state index in [1.54, 1.807) is 7.05 Å². The van der Waals surface area contributed by atoms with E-state index in [0.29, 0.717) is 13.2 Å². The fourth-order valence-corrected chi connectivity index (χ4v) is 3.27. The molecule has 1 fully saturated rings. The van der Waals surface area contributed by atoms with Crippen LogP contribution in [-0.2, 0) is 0 Å². The van der Waals surface area contributed by atoms with E-state index in [0.717, 1.165) is 30.4 Å². The molecule has 1 saturated heterocycles. The highest BCUT2D eigenvalue weighted by Crippen LogP contribution is 2.30. The molecule has 2 aliphatic heterocycles. The molecular formula is C19H30N4O2. The molecule has 1 aromatic carbocycles. The zero-order valence-electron chi connectivity index (χ0n) is 15.2. The second kappa shape index (κ2) is 9.51. The van der Waals surface area contributed by atoms with Gasteiger partial charge in [-0.3, -0.25) is 4.99 Å². The maximum atomic E-state index is 5.95. The molecule has 1 unspecified atom stereocenters. The average molecular weight is 346 g/mol. The molecule has 0 saturated carbocycles. The molecule has 2 N–H and O–H groups in total. The number of rotatable bonds is 7. The van der Waals surface area contributed by atoms with Gasteiger partial charge in [0.25, 0.3) is 0 Å². The van der Waals surface area contributed by atoms with Crippen LogP contribution in [0.15, 0.2) is 29.3 Å². The SMILES string of the molecule is CN=C(NCCCCN1CCCC1)NCC1COc2ccccc2O1. The van der Waals surface area contributed by atoms with Crippen LogP contribution in [0.3, 0.4) is 0 Å². The highest BCUT2D eigenvalue weighted by molar-refractivity contribution is 5.79. The van der Waals surface area contributed by atoms with Crippen LogP contribution in [0.5, 0.6) is 11.5 Å². The standard InChI is InChI=1S/C19H30N4O2/c1-20-19(21-10-4-5-11-23-12-6-7-13-23)22-14-16-15-24-17-8-2-3-9-18(17)25-16/h2-3,8-9,16H,4-7,10-15H2,1H3,(H2,20,21,22). The van der Waals surface area contributed by atoms with Gasteiger partial charge in [-0.2, -0.15) is 0 Å². The van der Waals surface area contributed by atoms with E-state index >= 15 is 0 Å². The van der Waals surface area contributed by atoms with E-state index in [-0.39, 0.29) is 6.10 Å². The predicted octanol–water partition coefficient (Wildman–Crippen LogP) is 1.87. The monoisotopic (exact) mass is 346 g/mol. The minimum absolute atomic E-state index is 0.0105. The van der Waals surface area contributed by atoms with E-state index in [9.17, 15) is 0 Å². The molecule has 0 aromatic heterocycles. The fourth-order valence-electron chi connectivity index (χ4n) is 3.27. The van der Waals surface area contributed by atoms with Gasteiger partial charge in [0, 0.05) is 13.6 Å². The van der Waals surface area contributed by atoms with Gasteiger partial charge in [0.15, 0.2) is 17.5 Å². The lowest BCUT2D eigenvalue weighted by atomic mass is 10.2. The number of fused-ring (bicyclic) bond motifs is 1. The van der Waals surface area contributed by atoms with Crippen LogP contribution in [0.4, 0.5) is 0 Å². The summed E-state index contributed by atoms with van der Waals surface area (Å²) in [6.07, 6.45) is 5.12. The van der Waals surface area contributed by atoms with Crippen LogP contribution in [0.25, 0.3) is 0 Å². The molecule has 0 bridgehead atoms. The number of hydrogen-bond acceptors (Lipinski definition) is 4. The molecular weight excluding hydrogens is 316 g/mol. The lowest BCUT2D eigenvalue weighted by molar-refractivity contribution is 0.0936. The molecule has 0 radical (unpaired) electrons. The third-order valence-corrected chi connectivity index (χ3v) is 4.68. The molecule has 1 atom stereocenters. The smallest absolute Gasteiger partial charge is 0.191 e. The molecule has 0 aliphatic carbocycles. The Morgan fingerprint density at radius 2 is 1.96 bits per heavy atom. The van der Waals surface area contributed by atoms with Crippen molar-refractivity contribution in [1.82, 2.24) is 15.5 Å². The number of unbranched alkanes of at least 4 members (excludes halogenated alkanes) is 1. The first kappa shape index (κ1) is 17.9. The van der Waals surface area contributed by atoms with Crippen molar-refractivity contribution in [3.8, 4) is 11.5 Å². The minimum Gasteiger partial charge on any atom is -0.486 e. The summed E-state index contributed by atoms with van der Waals surface area (Å²) in [5.74, 6) is 2.45. The molecule has 25 heavy (non-hydrogen) atoms. The Morgan fingerprint density at radius 3 is 2.76 bits per heavy atom. The zero-order valence-corrected chi connectivity index (χ0v) is 15.2. The number of hydrogen-bond donors (Lipinski definition) is 2. The Morgan fingerprint density at radius 1 is 1.16 bits per heavy atom. The summed E-state index contributed by atoms with van der Waals surface area (Å²) < 4.78 is 11.7. The minimum atomic E-state index is -0.0105. The molecule has 3 rings (SSSR count). The van der Waals surface area contributed by atoms with Gasteiger partial charge in [-0.15, -0.1) is 0 Å². The van der Waals surface area contributed by atoms with Gasteiger partial charge >= 0.3 is 0 Å². The first-order valence-electron chi connectivity index (χ1n) is 9.40. The molecule has 6 nitrogen and oxygen atoms in total. The first-order chi connectivity index (χ1) is 12.3. The van der Waals surface area contributed by atoms with Crippen molar-refractivity contribution in [2.75, 3.05) is 46.4 Å². The Hall–Kier alpha value is -1.95. The molecule has 6 heteroatoms. The highest BCUT2D eigenvalue weighted by atomic mass is 16.6. The fraction of sp³-hybridized carbons (Fsp3) is 0.632. The summed E-state index contributed by atoms with van der Waals surface area (Å²) in [5, 5.41) is 6.70. The van der Waals surface area contributed by atoms with Crippen LogP contribution >= 0.6 is 0 Å². The van der Waals surface area contributed by atoms with E-state index in [2.05, 4.69) is 20.5 Å². The maximum Gasteiger partial charge on any atom is 0.191 e. The normalized spacial score (nSPS) is 20.5. The number of guanidine groups is 1. The first-order valence-corrected chi connectivity index (χ1v) is 9.40. The van der Waals surface area contributed by atoms with Crippen LogP contribution in [-0.4, -0.2) is 63.3 Å². The topological polar surface area (TPSA) is 58.1 Å². The molecule has 2 heterocycles. The summed E-state index contributed by atoms with van der Waals surface area (Å²) in [5.41, 5.74) is 0. The van der Waals surface area contributed by atoms with Crippen LogP contribution in [0.2, 0.25) is 0 Å². The molecule has 138 valence electrons. The number of benzene rings is 1. The molecule has 1 aromatic rings. The molecule has 0 amide bonds. The second-order valence-corrected chi connectivity index (χ2v) is 6.63. The summed E-state index contributed by atoms with van der Waals surface area (Å²) >= 11 is 0. The van der Waals surface area contributed by atoms with Crippen molar-refractivity contribution in [2.45, 2.75) is 31.8 Å². The Balaban J connectivity index is 1.30. The predicted molar refractivity (Wildman–Crippen MR) is 101 cm³/mol. The summed E-state index contributed by atoms with van der Waals surface area (Å²) in [7, 11) is 1.80. The van der Waals surface area contributed by atoms with Crippen molar-refractivity contribution >= 4 is 5.96 Å². The van der Waals surface area contributed by atoms with Crippen molar-refractivity contribution < 1.29 is 9.47 Å². The van der Waals surface area contributed by atoms with Crippen molar-refractivity contribution in [1.29, 1.82) is 0 Å². The third-order valence-electron chi connectivity index (χ3n) is 4.68. The van der Waals surface area contributed by atoms with Crippen LogP contribution in [0, 0.1) is 0 Å². The van der Waals surface area contributed by atoms with Crippen molar-refractivity contribution in [3.05, 3.63) is 24.3 Å². The Bertz CT molecular complexity index is 558. The number of ether oxygens (including phenoxy) is 2. The van der Waals surface area contributed by atoms with Gasteiger partial charge in [0.05, 0.1) is 6.54 Å². The molecule has 0 spiro atoms. The van der Waals surface area contributed by atoms with E-state index in [1.165, 1.54) is 38.9 Å². The number of para-hydroxylation sites is 2. The third kappa shape index (κ3) is 5.53. The van der Waals surface area contributed by atoms with Crippen molar-refractivity contribution in [2.24, 2.45) is 4.99 Å². The van der Waals surface area contributed by atoms with Gasteiger partial charge < -0.3 is 25.0 Å². The summed E-state index contributed by atoms with van der Waals surface area (Å²) in [4.78, 5) is 6.84. The van der Waals surface area contributed by atoms with E-state index < -0.39 is 0 Å². The van der Waals surface area contributed by atoms with E-state index in [4.69, 9.17) is 9.47 Å². The quantitative estimate of drug-likeness (QED) is 0.448. The van der Waals surface area contributed by atoms with Crippen molar-refractivity contribution in [3.63, 3.8) is 0 Å². The highest BCUT2D eigenvalue weighted by Gasteiger charge is 2.20. The van der Waals surface area contributed by atoms with Gasteiger partial charge in [-0.05, 0) is 57.5 Å².